The molecule has 2 heterocycles. The van der Waals surface area contributed by atoms with Gasteiger partial charge in [0.15, 0.2) is 0 Å². The van der Waals surface area contributed by atoms with Gasteiger partial charge in [0.1, 0.15) is 0 Å². The maximum atomic E-state index is 9.09. The van der Waals surface area contributed by atoms with Crippen LogP contribution in [0.25, 0.3) is 0 Å². The molecule has 0 aromatic heterocycles. The predicted molar refractivity (Wildman–Crippen MR) is 58.0 cm³/mol. The van der Waals surface area contributed by atoms with Crippen molar-refractivity contribution in [3.05, 3.63) is 0 Å². The summed E-state index contributed by atoms with van der Waals surface area (Å²) >= 11 is 0. The van der Waals surface area contributed by atoms with Crippen LogP contribution in [0.1, 0.15) is 12.8 Å². The van der Waals surface area contributed by atoms with E-state index in [2.05, 4.69) is 10.2 Å². The van der Waals surface area contributed by atoms with Gasteiger partial charge in [0.2, 0.25) is 0 Å². The minimum atomic E-state index is -0.0371. The van der Waals surface area contributed by atoms with Gasteiger partial charge in [0, 0.05) is 19.1 Å². The highest BCUT2D eigenvalue weighted by atomic mass is 35.5. The molecule has 0 unspecified atom stereocenters. The zero-order chi connectivity index (χ0) is 7.68. The van der Waals surface area contributed by atoms with Gasteiger partial charge in [0.25, 0.3) is 0 Å². The molecule has 2 N–H and O–H groups in total. The largest absolute Gasteiger partial charge is 0.390 e. The first-order valence-corrected chi connectivity index (χ1v) is 4.49. The fourth-order valence-corrected chi connectivity index (χ4v) is 1.96. The SMILES string of the molecule is Cl.Cl.OC1CN(C2CCNCC2)C1. The van der Waals surface area contributed by atoms with E-state index in [9.17, 15) is 0 Å². The molecule has 13 heavy (non-hydrogen) atoms. The summed E-state index contributed by atoms with van der Waals surface area (Å²) in [5, 5.41) is 12.4. The molecule has 5 heteroatoms. The van der Waals surface area contributed by atoms with Crippen LogP contribution in [-0.4, -0.2) is 48.3 Å². The summed E-state index contributed by atoms with van der Waals surface area (Å²) in [6, 6.07) is 0.750. The van der Waals surface area contributed by atoms with Crippen molar-refractivity contribution in [1.82, 2.24) is 10.2 Å². The lowest BCUT2D eigenvalue weighted by Gasteiger charge is -2.43. The van der Waals surface area contributed by atoms with Crippen LogP contribution < -0.4 is 5.32 Å². The Kier molecular flexibility index (Phi) is 6.25. The second kappa shape index (κ2) is 6.04. The number of piperidine rings is 1. The maximum absolute atomic E-state index is 9.09. The molecular formula is C8H18Cl2N2O. The van der Waals surface area contributed by atoms with E-state index >= 15 is 0 Å². The maximum Gasteiger partial charge on any atom is 0.0794 e. The van der Waals surface area contributed by atoms with Crippen LogP contribution in [0.2, 0.25) is 0 Å². The standard InChI is InChI=1S/C8H16N2O.2ClH/c11-8-5-10(6-8)7-1-3-9-4-2-7;;/h7-9,11H,1-6H2;2*1H. The Balaban J connectivity index is 0.000000720. The Labute approximate surface area is 91.7 Å². The number of halogens is 2. The summed E-state index contributed by atoms with van der Waals surface area (Å²) in [6.45, 7) is 4.11. The molecule has 2 saturated heterocycles. The number of nitrogens with zero attached hydrogens (tertiary/aromatic N) is 1. The van der Waals surface area contributed by atoms with Crippen LogP contribution in [0.5, 0.6) is 0 Å². The molecule has 0 saturated carbocycles. The third-order valence-corrected chi connectivity index (χ3v) is 2.72. The molecule has 3 nitrogen and oxygen atoms in total. The topological polar surface area (TPSA) is 35.5 Å². The smallest absolute Gasteiger partial charge is 0.0794 e. The van der Waals surface area contributed by atoms with Crippen LogP contribution in [0, 0.1) is 0 Å². The number of nitrogens with one attached hydrogen (secondary N) is 1. The minimum absolute atomic E-state index is 0. The second-order valence-electron chi connectivity index (χ2n) is 3.59. The van der Waals surface area contributed by atoms with Crippen molar-refractivity contribution in [2.24, 2.45) is 0 Å². The zero-order valence-electron chi connectivity index (χ0n) is 7.61. The van der Waals surface area contributed by atoms with Crippen LogP contribution in [0.15, 0.2) is 0 Å². The van der Waals surface area contributed by atoms with E-state index in [-0.39, 0.29) is 30.9 Å². The lowest BCUT2D eigenvalue weighted by Crippen LogP contribution is -2.57. The van der Waals surface area contributed by atoms with Crippen molar-refractivity contribution in [1.29, 1.82) is 0 Å². The van der Waals surface area contributed by atoms with Crippen LogP contribution in [0.4, 0.5) is 0 Å². The number of hydrogen-bond acceptors (Lipinski definition) is 3. The first-order chi connectivity index (χ1) is 5.36. The van der Waals surface area contributed by atoms with Gasteiger partial charge in [-0.3, -0.25) is 4.90 Å². The zero-order valence-corrected chi connectivity index (χ0v) is 9.24. The van der Waals surface area contributed by atoms with Crippen LogP contribution in [0.3, 0.4) is 0 Å². The molecule has 0 aromatic rings. The lowest BCUT2D eigenvalue weighted by atomic mass is 10.00. The minimum Gasteiger partial charge on any atom is -0.390 e. The highest BCUT2D eigenvalue weighted by molar-refractivity contribution is 5.85. The molecule has 0 radical (unpaired) electrons. The summed E-state index contributed by atoms with van der Waals surface area (Å²) in [7, 11) is 0. The molecular weight excluding hydrogens is 211 g/mol. The molecule has 2 aliphatic heterocycles. The van der Waals surface area contributed by atoms with Crippen LogP contribution >= 0.6 is 24.8 Å². The van der Waals surface area contributed by atoms with E-state index in [0.29, 0.717) is 0 Å². The normalized spacial score (nSPS) is 25.6. The Morgan fingerprint density at radius 1 is 1.08 bits per heavy atom. The lowest BCUT2D eigenvalue weighted by molar-refractivity contribution is -0.0314. The number of aliphatic hydroxyl groups is 1. The van der Waals surface area contributed by atoms with Gasteiger partial charge in [-0.1, -0.05) is 0 Å². The molecule has 2 fully saturated rings. The van der Waals surface area contributed by atoms with Gasteiger partial charge in [-0.25, -0.2) is 0 Å². The van der Waals surface area contributed by atoms with Gasteiger partial charge in [0.05, 0.1) is 6.10 Å². The van der Waals surface area contributed by atoms with Gasteiger partial charge >= 0.3 is 0 Å². The summed E-state index contributed by atoms with van der Waals surface area (Å²) < 4.78 is 0. The number of aliphatic hydroxyl groups excluding tert-OH is 1. The van der Waals surface area contributed by atoms with Crippen molar-refractivity contribution < 1.29 is 5.11 Å². The van der Waals surface area contributed by atoms with Crippen molar-refractivity contribution in [3.8, 4) is 0 Å². The number of hydrogen-bond donors (Lipinski definition) is 2. The Hall–Kier alpha value is 0.460. The van der Waals surface area contributed by atoms with Gasteiger partial charge < -0.3 is 10.4 Å². The Bertz CT molecular complexity index is 136. The van der Waals surface area contributed by atoms with E-state index < -0.39 is 0 Å². The van der Waals surface area contributed by atoms with Gasteiger partial charge in [-0.15, -0.1) is 24.8 Å². The van der Waals surface area contributed by atoms with Crippen molar-refractivity contribution in [3.63, 3.8) is 0 Å². The number of β-amino-alcohol motifs (C(OH)–C–C–N with tert-alkyl or cyclic N) is 1. The first-order valence-electron chi connectivity index (χ1n) is 4.49. The third-order valence-electron chi connectivity index (χ3n) is 2.72. The van der Waals surface area contributed by atoms with E-state index in [1.165, 1.54) is 12.8 Å². The second-order valence-corrected chi connectivity index (χ2v) is 3.59. The van der Waals surface area contributed by atoms with E-state index in [0.717, 1.165) is 32.2 Å². The summed E-state index contributed by atoms with van der Waals surface area (Å²) in [5.74, 6) is 0. The van der Waals surface area contributed by atoms with E-state index in [1.54, 1.807) is 0 Å². The average molecular weight is 229 g/mol. The fraction of sp³-hybridized carbons (Fsp3) is 1.00. The number of likely N-dealkylation sites (tertiary alicyclic amines) is 1. The molecule has 2 rings (SSSR count). The summed E-state index contributed by atoms with van der Waals surface area (Å²) in [4.78, 5) is 2.39. The summed E-state index contributed by atoms with van der Waals surface area (Å²) in [6.07, 6.45) is 2.48. The first kappa shape index (κ1) is 13.5. The fourth-order valence-electron chi connectivity index (χ4n) is 1.96. The molecule has 80 valence electrons. The molecule has 0 aromatic carbocycles. The highest BCUT2D eigenvalue weighted by Crippen LogP contribution is 2.18. The van der Waals surface area contributed by atoms with Crippen molar-refractivity contribution in [2.75, 3.05) is 26.2 Å². The molecule has 0 amide bonds. The van der Waals surface area contributed by atoms with E-state index in [1.807, 2.05) is 0 Å². The molecule has 2 aliphatic rings. The predicted octanol–water partition coefficient (Wildman–Crippen LogP) is 0.259. The molecule has 0 aliphatic carbocycles. The average Bonchev–Trinajstić information content (AvgIpc) is 2.01. The Morgan fingerprint density at radius 3 is 2.08 bits per heavy atom. The quantitative estimate of drug-likeness (QED) is 0.677. The Morgan fingerprint density at radius 2 is 1.62 bits per heavy atom. The highest BCUT2D eigenvalue weighted by Gasteiger charge is 2.31. The monoisotopic (exact) mass is 228 g/mol. The third kappa shape index (κ3) is 3.26. The molecule has 0 bridgehead atoms. The summed E-state index contributed by atoms with van der Waals surface area (Å²) in [5.41, 5.74) is 0. The molecule has 0 atom stereocenters. The number of rotatable bonds is 1. The molecule has 0 spiro atoms. The van der Waals surface area contributed by atoms with Crippen LogP contribution in [-0.2, 0) is 0 Å². The van der Waals surface area contributed by atoms with E-state index in [4.69, 9.17) is 5.11 Å². The van der Waals surface area contributed by atoms with Crippen molar-refractivity contribution in [2.45, 2.75) is 25.0 Å². The van der Waals surface area contributed by atoms with Crippen molar-refractivity contribution >= 4 is 24.8 Å². The van der Waals surface area contributed by atoms with Gasteiger partial charge in [-0.2, -0.15) is 0 Å². The van der Waals surface area contributed by atoms with Gasteiger partial charge in [-0.05, 0) is 25.9 Å².